The van der Waals surface area contributed by atoms with Gasteiger partial charge in [-0.1, -0.05) is 0 Å². The predicted molar refractivity (Wildman–Crippen MR) is 73.9 cm³/mol. The number of nitrogens with one attached hydrogen (secondary N) is 1. The van der Waals surface area contributed by atoms with E-state index in [4.69, 9.17) is 5.11 Å². The molecule has 0 aliphatic carbocycles. The Balaban J connectivity index is 2.16. The second-order valence-corrected chi connectivity index (χ2v) is 4.66. The summed E-state index contributed by atoms with van der Waals surface area (Å²) < 4.78 is 3.06. The molecule has 0 spiro atoms. The molecule has 0 fully saturated rings. The van der Waals surface area contributed by atoms with Gasteiger partial charge in [0.05, 0.1) is 17.3 Å². The average molecular weight is 291 g/mol. The summed E-state index contributed by atoms with van der Waals surface area (Å²) in [5.41, 5.74) is 0.485. The predicted octanol–water partition coefficient (Wildman–Crippen LogP) is 0.826. The number of carboxylic acid groups (broad SMARTS) is 1. The van der Waals surface area contributed by atoms with Crippen molar-refractivity contribution in [3.8, 4) is 0 Å². The molecule has 8 nitrogen and oxygen atoms in total. The van der Waals surface area contributed by atoms with Gasteiger partial charge in [0.15, 0.2) is 5.69 Å². The Labute approximate surface area is 121 Å². The largest absolute Gasteiger partial charge is 0.476 e. The Morgan fingerprint density at radius 1 is 1.43 bits per heavy atom. The molecular weight excluding hydrogens is 274 g/mol. The third-order valence-corrected chi connectivity index (χ3v) is 3.05. The molecule has 0 saturated heterocycles. The third-order valence-electron chi connectivity index (χ3n) is 3.05. The van der Waals surface area contributed by atoms with Crippen LogP contribution in [0.25, 0.3) is 0 Å². The van der Waals surface area contributed by atoms with E-state index in [-0.39, 0.29) is 17.3 Å². The normalized spacial score (nSPS) is 12.1. The molecule has 2 rings (SSSR count). The number of carbonyl (C=O) groups excluding carboxylic acids is 1. The van der Waals surface area contributed by atoms with Gasteiger partial charge in [-0.2, -0.15) is 10.2 Å². The minimum atomic E-state index is -1.23. The van der Waals surface area contributed by atoms with Gasteiger partial charge in [-0.15, -0.1) is 0 Å². The highest BCUT2D eigenvalue weighted by atomic mass is 16.4. The number of carbonyl (C=O) groups is 2. The topological polar surface area (TPSA) is 102 Å². The summed E-state index contributed by atoms with van der Waals surface area (Å²) in [6.45, 7) is 4.50. The van der Waals surface area contributed by atoms with E-state index in [1.165, 1.54) is 10.9 Å². The van der Waals surface area contributed by atoms with Crippen LogP contribution >= 0.6 is 0 Å². The Morgan fingerprint density at radius 3 is 2.71 bits per heavy atom. The van der Waals surface area contributed by atoms with Crippen molar-refractivity contribution in [2.45, 2.75) is 26.4 Å². The number of aryl methyl sites for hydroxylation is 2. The highest BCUT2D eigenvalue weighted by Crippen LogP contribution is 2.12. The smallest absolute Gasteiger partial charge is 0.357 e. The number of aromatic nitrogens is 4. The van der Waals surface area contributed by atoms with Crippen molar-refractivity contribution in [3.05, 3.63) is 35.4 Å². The number of carboxylic acids is 1. The molecule has 2 N–H and O–H groups in total. The van der Waals surface area contributed by atoms with Crippen molar-refractivity contribution < 1.29 is 14.7 Å². The highest BCUT2D eigenvalue weighted by molar-refractivity contribution is 6.03. The molecule has 112 valence electrons. The summed E-state index contributed by atoms with van der Waals surface area (Å²) >= 11 is 0. The second-order valence-electron chi connectivity index (χ2n) is 4.66. The lowest BCUT2D eigenvalue weighted by Gasteiger charge is -2.11. The molecule has 2 aromatic heterocycles. The monoisotopic (exact) mass is 291 g/mol. The van der Waals surface area contributed by atoms with E-state index < -0.39 is 11.9 Å². The number of hydrogen-bond donors (Lipinski definition) is 2. The van der Waals surface area contributed by atoms with Crippen molar-refractivity contribution in [2.24, 2.45) is 7.05 Å². The maximum atomic E-state index is 12.2. The summed E-state index contributed by atoms with van der Waals surface area (Å²) in [5.74, 6) is -1.72. The number of nitrogens with zero attached hydrogens (tertiary/aromatic N) is 4. The van der Waals surface area contributed by atoms with Crippen LogP contribution in [0, 0.1) is 0 Å². The zero-order valence-corrected chi connectivity index (χ0v) is 12.1. The van der Waals surface area contributed by atoms with E-state index in [1.807, 2.05) is 19.2 Å². The van der Waals surface area contributed by atoms with E-state index in [9.17, 15) is 9.59 Å². The molecule has 0 saturated carbocycles. The van der Waals surface area contributed by atoms with Crippen LogP contribution < -0.4 is 5.32 Å². The first-order valence-corrected chi connectivity index (χ1v) is 6.53. The Kier molecular flexibility index (Phi) is 4.06. The molecule has 0 aromatic carbocycles. The molecule has 2 aromatic rings. The van der Waals surface area contributed by atoms with Crippen LogP contribution in [0.4, 0.5) is 0 Å². The Morgan fingerprint density at radius 2 is 2.14 bits per heavy atom. The quantitative estimate of drug-likeness (QED) is 0.849. The molecule has 1 amide bonds. The van der Waals surface area contributed by atoms with E-state index in [0.717, 1.165) is 6.54 Å². The van der Waals surface area contributed by atoms with Gasteiger partial charge in [0.2, 0.25) is 0 Å². The van der Waals surface area contributed by atoms with Crippen LogP contribution in [0.2, 0.25) is 0 Å². The summed E-state index contributed by atoms with van der Waals surface area (Å²) in [6.07, 6.45) is 3.21. The number of rotatable bonds is 5. The molecule has 21 heavy (non-hydrogen) atoms. The molecule has 0 radical (unpaired) electrons. The summed E-state index contributed by atoms with van der Waals surface area (Å²) in [6, 6.07) is 1.49. The first-order chi connectivity index (χ1) is 9.92. The van der Waals surface area contributed by atoms with Crippen LogP contribution in [0.1, 0.15) is 46.4 Å². The lowest BCUT2D eigenvalue weighted by Crippen LogP contribution is -2.28. The summed E-state index contributed by atoms with van der Waals surface area (Å²) in [5, 5.41) is 19.8. The molecular formula is C13H17N5O3. The van der Waals surface area contributed by atoms with Gasteiger partial charge in [0.1, 0.15) is 0 Å². The fourth-order valence-corrected chi connectivity index (χ4v) is 1.95. The zero-order chi connectivity index (χ0) is 15.6. The van der Waals surface area contributed by atoms with Crippen molar-refractivity contribution in [3.63, 3.8) is 0 Å². The minimum absolute atomic E-state index is 0.0341. The van der Waals surface area contributed by atoms with Crippen LogP contribution in [-0.4, -0.2) is 36.5 Å². The summed E-state index contributed by atoms with van der Waals surface area (Å²) in [7, 11) is 1.57. The molecule has 0 aliphatic rings. The number of aromatic carboxylic acids is 1. The number of hydrogen-bond acceptors (Lipinski definition) is 4. The van der Waals surface area contributed by atoms with Crippen molar-refractivity contribution in [1.82, 2.24) is 24.9 Å². The molecule has 0 bridgehead atoms. The van der Waals surface area contributed by atoms with Crippen molar-refractivity contribution >= 4 is 11.9 Å². The van der Waals surface area contributed by atoms with Crippen LogP contribution in [0.5, 0.6) is 0 Å². The first kappa shape index (κ1) is 14.8. The lowest BCUT2D eigenvalue weighted by molar-refractivity contribution is 0.0683. The van der Waals surface area contributed by atoms with Crippen molar-refractivity contribution in [2.75, 3.05) is 0 Å². The maximum Gasteiger partial charge on any atom is 0.357 e. The van der Waals surface area contributed by atoms with Gasteiger partial charge in [-0.05, 0) is 19.9 Å². The zero-order valence-electron chi connectivity index (χ0n) is 12.1. The molecule has 0 aliphatic heterocycles. The number of amides is 1. The van der Waals surface area contributed by atoms with Crippen molar-refractivity contribution in [1.29, 1.82) is 0 Å². The van der Waals surface area contributed by atoms with Gasteiger partial charge >= 0.3 is 5.97 Å². The highest BCUT2D eigenvalue weighted by Gasteiger charge is 2.22. The summed E-state index contributed by atoms with van der Waals surface area (Å²) in [4.78, 5) is 23.2. The molecule has 2 heterocycles. The third kappa shape index (κ3) is 3.10. The fraction of sp³-hybridized carbons (Fsp3) is 0.385. The van der Waals surface area contributed by atoms with E-state index in [0.29, 0.717) is 5.69 Å². The molecule has 1 unspecified atom stereocenters. The molecule has 8 heteroatoms. The maximum absolute atomic E-state index is 12.2. The van der Waals surface area contributed by atoms with E-state index in [2.05, 4.69) is 15.5 Å². The second kappa shape index (κ2) is 5.78. The standard InChI is InChI=1S/C13H17N5O3/c1-4-18-6-5-10(15-18)8(2)14-12(19)9-7-17(3)16-11(9)13(20)21/h5-8H,4H2,1-3H3,(H,14,19)(H,20,21). The van der Waals surface area contributed by atoms with Gasteiger partial charge in [0, 0.05) is 26.0 Å². The van der Waals surface area contributed by atoms with Gasteiger partial charge in [-0.3, -0.25) is 14.2 Å². The fourth-order valence-electron chi connectivity index (χ4n) is 1.95. The van der Waals surface area contributed by atoms with Crippen LogP contribution in [0.3, 0.4) is 0 Å². The van der Waals surface area contributed by atoms with Gasteiger partial charge in [-0.25, -0.2) is 4.79 Å². The van der Waals surface area contributed by atoms with Gasteiger partial charge < -0.3 is 10.4 Å². The van der Waals surface area contributed by atoms with Crippen LogP contribution in [0.15, 0.2) is 18.5 Å². The minimum Gasteiger partial charge on any atom is -0.476 e. The Bertz CT molecular complexity index is 673. The van der Waals surface area contributed by atoms with E-state index >= 15 is 0 Å². The molecule has 1 atom stereocenters. The first-order valence-electron chi connectivity index (χ1n) is 6.53. The average Bonchev–Trinajstić information content (AvgIpc) is 3.04. The lowest BCUT2D eigenvalue weighted by atomic mass is 10.2. The van der Waals surface area contributed by atoms with Gasteiger partial charge in [0.25, 0.3) is 5.91 Å². The van der Waals surface area contributed by atoms with E-state index in [1.54, 1.807) is 18.7 Å². The Hall–Kier alpha value is -2.64. The SMILES string of the molecule is CCn1ccc(C(C)NC(=O)c2cn(C)nc2C(=O)O)n1. The van der Waals surface area contributed by atoms with Crippen LogP contribution in [-0.2, 0) is 13.6 Å².